The van der Waals surface area contributed by atoms with Gasteiger partial charge >= 0.3 is 12.4 Å². The van der Waals surface area contributed by atoms with Gasteiger partial charge in [0.1, 0.15) is 0 Å². The molecule has 1 aromatic carbocycles. The molecule has 0 atom stereocenters. The van der Waals surface area contributed by atoms with Crippen molar-refractivity contribution in [2.75, 3.05) is 26.2 Å². The van der Waals surface area contributed by atoms with Gasteiger partial charge in [0.05, 0.1) is 16.0 Å². The lowest BCUT2D eigenvalue weighted by molar-refractivity contribution is -0.143. The number of halogens is 6. The molecule has 11 heteroatoms. The van der Waals surface area contributed by atoms with Crippen molar-refractivity contribution in [3.63, 3.8) is 0 Å². The number of hydrogen-bond donors (Lipinski definition) is 1. The Hall–Kier alpha value is -1.33. The molecule has 0 amide bonds. The summed E-state index contributed by atoms with van der Waals surface area (Å²) in [5.74, 6) is 0. The van der Waals surface area contributed by atoms with E-state index in [0.29, 0.717) is 13.0 Å². The number of rotatable bonds is 8. The van der Waals surface area contributed by atoms with Crippen molar-refractivity contribution in [3.05, 3.63) is 29.3 Å². The average molecular weight is 406 g/mol. The zero-order valence-electron chi connectivity index (χ0n) is 14.2. The van der Waals surface area contributed by atoms with Crippen molar-refractivity contribution in [2.45, 2.75) is 37.5 Å². The molecule has 0 aliphatic carbocycles. The Morgan fingerprint density at radius 3 is 1.77 bits per heavy atom. The van der Waals surface area contributed by atoms with Crippen LogP contribution in [0.4, 0.5) is 26.3 Å². The normalized spacial score (nSPS) is 13.4. The first-order valence-electron chi connectivity index (χ1n) is 7.82. The van der Waals surface area contributed by atoms with E-state index in [2.05, 4.69) is 0 Å². The molecule has 0 aliphatic rings. The number of nitrogens with one attached hydrogen (secondary N) is 1. The fraction of sp³-hybridized carbons (Fsp3) is 0.600. The zero-order valence-corrected chi connectivity index (χ0v) is 15.0. The third kappa shape index (κ3) is 6.44. The number of alkyl halides is 6. The molecule has 0 aliphatic heterocycles. The highest BCUT2D eigenvalue weighted by Gasteiger charge is 2.38. The Morgan fingerprint density at radius 2 is 1.38 bits per heavy atom. The Bertz CT molecular complexity index is 665. The first kappa shape index (κ1) is 22.7. The molecule has 0 heterocycles. The van der Waals surface area contributed by atoms with E-state index in [1.807, 2.05) is 23.5 Å². The van der Waals surface area contributed by atoms with Crippen molar-refractivity contribution in [1.82, 2.24) is 9.62 Å². The molecular weight excluding hydrogens is 386 g/mol. The SMILES string of the molecule is CCN(CC)CCCNS(=O)(=O)c1cc(C(F)(F)F)cc(C(F)(F)F)c1. The predicted octanol–water partition coefficient (Wildman–Crippen LogP) is 3.73. The molecule has 0 saturated heterocycles. The minimum atomic E-state index is -5.10. The first-order valence-corrected chi connectivity index (χ1v) is 9.31. The minimum Gasteiger partial charge on any atom is -0.304 e. The zero-order chi connectivity index (χ0) is 20.2. The van der Waals surface area contributed by atoms with Crippen LogP contribution in [0, 0.1) is 0 Å². The molecular formula is C15H20F6N2O2S. The lowest BCUT2D eigenvalue weighted by Crippen LogP contribution is -2.30. The maximum Gasteiger partial charge on any atom is 0.416 e. The minimum absolute atomic E-state index is 0.101. The summed E-state index contributed by atoms with van der Waals surface area (Å²) in [5.41, 5.74) is -3.34. The number of hydrogen-bond acceptors (Lipinski definition) is 3. The average Bonchev–Trinajstić information content (AvgIpc) is 2.53. The summed E-state index contributed by atoms with van der Waals surface area (Å²) < 4.78 is 103. The second-order valence-electron chi connectivity index (χ2n) is 5.52. The van der Waals surface area contributed by atoms with Gasteiger partial charge in [0, 0.05) is 6.54 Å². The summed E-state index contributed by atoms with van der Waals surface area (Å²) in [4.78, 5) is 0.933. The molecule has 0 fully saturated rings. The largest absolute Gasteiger partial charge is 0.416 e. The van der Waals surface area contributed by atoms with E-state index in [1.165, 1.54) is 0 Å². The van der Waals surface area contributed by atoms with Gasteiger partial charge in [-0.1, -0.05) is 13.8 Å². The Morgan fingerprint density at radius 1 is 0.923 bits per heavy atom. The smallest absolute Gasteiger partial charge is 0.304 e. The van der Waals surface area contributed by atoms with Gasteiger partial charge < -0.3 is 4.90 Å². The van der Waals surface area contributed by atoms with Gasteiger partial charge in [-0.2, -0.15) is 26.3 Å². The van der Waals surface area contributed by atoms with Crippen LogP contribution in [0.1, 0.15) is 31.4 Å². The van der Waals surface area contributed by atoms with Crippen LogP contribution < -0.4 is 4.72 Å². The van der Waals surface area contributed by atoms with Gasteiger partial charge in [-0.15, -0.1) is 0 Å². The number of benzene rings is 1. The molecule has 1 aromatic rings. The lowest BCUT2D eigenvalue weighted by atomic mass is 10.1. The molecule has 0 saturated carbocycles. The van der Waals surface area contributed by atoms with Crippen molar-refractivity contribution >= 4 is 10.0 Å². The third-order valence-corrected chi connectivity index (χ3v) is 5.15. The maximum absolute atomic E-state index is 12.8. The Labute approximate surface area is 148 Å². The highest BCUT2D eigenvalue weighted by atomic mass is 32.2. The summed E-state index contributed by atoms with van der Waals surface area (Å²) in [6.45, 7) is 5.75. The van der Waals surface area contributed by atoms with Gasteiger partial charge in [-0.05, 0) is 44.3 Å². The van der Waals surface area contributed by atoms with Crippen LogP contribution in [-0.2, 0) is 22.4 Å². The predicted molar refractivity (Wildman–Crippen MR) is 84.0 cm³/mol. The van der Waals surface area contributed by atoms with Gasteiger partial charge in [0.15, 0.2) is 0 Å². The lowest BCUT2D eigenvalue weighted by Gasteiger charge is -2.18. The highest BCUT2D eigenvalue weighted by molar-refractivity contribution is 7.89. The highest BCUT2D eigenvalue weighted by Crippen LogP contribution is 2.37. The summed E-state index contributed by atoms with van der Waals surface area (Å²) in [7, 11) is -4.51. The second-order valence-corrected chi connectivity index (χ2v) is 7.29. The van der Waals surface area contributed by atoms with Crippen molar-refractivity contribution in [3.8, 4) is 0 Å². The maximum atomic E-state index is 12.8. The molecule has 4 nitrogen and oxygen atoms in total. The molecule has 0 unspecified atom stereocenters. The molecule has 0 aromatic heterocycles. The fourth-order valence-corrected chi connectivity index (χ4v) is 3.36. The van der Waals surface area contributed by atoms with E-state index in [1.54, 1.807) is 0 Å². The van der Waals surface area contributed by atoms with Crippen molar-refractivity contribution < 1.29 is 34.8 Å². The number of sulfonamides is 1. The van der Waals surface area contributed by atoms with E-state index in [9.17, 15) is 34.8 Å². The van der Waals surface area contributed by atoms with Gasteiger partial charge in [-0.25, -0.2) is 13.1 Å². The first-order chi connectivity index (χ1) is 11.8. The summed E-state index contributed by atoms with van der Waals surface area (Å²) in [6, 6.07) is 0.281. The molecule has 0 radical (unpaired) electrons. The molecule has 1 N–H and O–H groups in total. The van der Waals surface area contributed by atoms with Crippen LogP contribution in [0.15, 0.2) is 23.1 Å². The molecule has 1 rings (SSSR count). The van der Waals surface area contributed by atoms with E-state index in [4.69, 9.17) is 0 Å². The fourth-order valence-electron chi connectivity index (χ4n) is 2.21. The topological polar surface area (TPSA) is 49.4 Å². The van der Waals surface area contributed by atoms with Crippen LogP contribution in [0.2, 0.25) is 0 Å². The van der Waals surface area contributed by atoms with Crippen molar-refractivity contribution in [1.29, 1.82) is 0 Å². The van der Waals surface area contributed by atoms with Gasteiger partial charge in [0.2, 0.25) is 10.0 Å². The van der Waals surface area contributed by atoms with E-state index in [-0.39, 0.29) is 24.7 Å². The quantitative estimate of drug-likeness (QED) is 0.529. The second kappa shape index (κ2) is 8.57. The van der Waals surface area contributed by atoms with Crippen molar-refractivity contribution in [2.24, 2.45) is 0 Å². The summed E-state index contributed by atoms with van der Waals surface area (Å²) in [5, 5.41) is 0. The molecule has 0 bridgehead atoms. The van der Waals surface area contributed by atoms with Crippen LogP contribution in [-0.4, -0.2) is 39.5 Å². The summed E-state index contributed by atoms with van der Waals surface area (Å²) in [6.07, 6.45) is -9.84. The van der Waals surface area contributed by atoms with Gasteiger partial charge in [0.25, 0.3) is 0 Å². The monoisotopic (exact) mass is 406 g/mol. The number of nitrogens with zero attached hydrogens (tertiary/aromatic N) is 1. The van der Waals surface area contributed by atoms with Crippen LogP contribution >= 0.6 is 0 Å². The van der Waals surface area contributed by atoms with Gasteiger partial charge in [-0.3, -0.25) is 0 Å². The standard InChI is InChI=1S/C15H20F6N2O2S/c1-3-23(4-2)7-5-6-22-26(24,25)13-9-11(14(16,17)18)8-12(10-13)15(19,20)21/h8-10,22H,3-7H2,1-2H3. The molecule has 26 heavy (non-hydrogen) atoms. The Kier molecular flexibility index (Phi) is 7.49. The Balaban J connectivity index is 3.04. The molecule has 150 valence electrons. The third-order valence-electron chi connectivity index (χ3n) is 3.71. The van der Waals surface area contributed by atoms with Crippen LogP contribution in [0.5, 0.6) is 0 Å². The van der Waals surface area contributed by atoms with E-state index >= 15 is 0 Å². The summed E-state index contributed by atoms with van der Waals surface area (Å²) >= 11 is 0. The van der Waals surface area contributed by atoms with Crippen LogP contribution in [0.25, 0.3) is 0 Å². The van der Waals surface area contributed by atoms with Crippen LogP contribution in [0.3, 0.4) is 0 Å². The van der Waals surface area contributed by atoms with E-state index < -0.39 is 38.4 Å². The van der Waals surface area contributed by atoms with E-state index in [0.717, 1.165) is 13.1 Å². The molecule has 0 spiro atoms.